The number of hydrogen-bond donors (Lipinski definition) is 0. The first-order chi connectivity index (χ1) is 11.8. The van der Waals surface area contributed by atoms with E-state index in [2.05, 4.69) is 12.2 Å². The molecule has 0 N–H and O–H groups in total. The quantitative estimate of drug-likeness (QED) is 0.575. The molecule has 0 spiro atoms. The second kappa shape index (κ2) is 10.1. The average molecular weight is 320 g/mol. The molecule has 24 heavy (non-hydrogen) atoms. The topological polar surface area (TPSA) is 18.5 Å². The summed E-state index contributed by atoms with van der Waals surface area (Å²) < 4.78 is 11.3. The Bertz CT molecular complexity index is 615. The van der Waals surface area contributed by atoms with Crippen LogP contribution in [-0.4, -0.2) is 13.2 Å². The largest absolute Gasteiger partial charge is 0.490 e. The van der Waals surface area contributed by atoms with E-state index in [4.69, 9.17) is 9.47 Å². The molecular formula is C22H24O2. The molecule has 2 nitrogen and oxygen atoms in total. The number of ether oxygens (including phenoxy) is 2. The molecule has 0 radical (unpaired) electrons. The molecule has 2 heteroatoms. The van der Waals surface area contributed by atoms with Gasteiger partial charge >= 0.3 is 0 Å². The van der Waals surface area contributed by atoms with Crippen LogP contribution in [0.4, 0.5) is 0 Å². The van der Waals surface area contributed by atoms with E-state index >= 15 is 0 Å². The van der Waals surface area contributed by atoms with Gasteiger partial charge in [-0.1, -0.05) is 48.6 Å². The van der Waals surface area contributed by atoms with Crippen LogP contribution in [0.1, 0.15) is 25.0 Å². The first-order valence-electron chi connectivity index (χ1n) is 8.18. The zero-order valence-corrected chi connectivity index (χ0v) is 14.3. The lowest BCUT2D eigenvalue weighted by atomic mass is 10.2. The molecule has 0 heterocycles. The number of rotatable bonds is 8. The Balaban J connectivity index is 1.69. The Labute approximate surface area is 144 Å². The molecule has 2 rings (SSSR count). The van der Waals surface area contributed by atoms with Crippen LogP contribution in [0.2, 0.25) is 0 Å². The van der Waals surface area contributed by atoms with Gasteiger partial charge in [-0.25, -0.2) is 0 Å². The van der Waals surface area contributed by atoms with E-state index in [1.54, 1.807) is 0 Å². The molecule has 0 aliphatic carbocycles. The first kappa shape index (κ1) is 17.6. The van der Waals surface area contributed by atoms with Gasteiger partial charge in [0, 0.05) is 0 Å². The minimum absolute atomic E-state index is 0.534. The second-order valence-corrected chi connectivity index (χ2v) is 5.23. The fourth-order valence-corrected chi connectivity index (χ4v) is 2.16. The zero-order chi connectivity index (χ0) is 17.0. The van der Waals surface area contributed by atoms with Crippen LogP contribution in [0.25, 0.3) is 12.2 Å². The molecule has 0 aromatic heterocycles. The average Bonchev–Trinajstić information content (AvgIpc) is 2.61. The highest BCUT2D eigenvalue weighted by molar-refractivity contribution is 5.50. The van der Waals surface area contributed by atoms with Crippen molar-refractivity contribution in [2.24, 2.45) is 0 Å². The summed E-state index contributed by atoms with van der Waals surface area (Å²) in [4.78, 5) is 0. The van der Waals surface area contributed by atoms with Gasteiger partial charge in [0.1, 0.15) is 24.7 Å². The van der Waals surface area contributed by atoms with Gasteiger partial charge in [0.25, 0.3) is 0 Å². The predicted molar refractivity (Wildman–Crippen MR) is 102 cm³/mol. The lowest BCUT2D eigenvalue weighted by Crippen LogP contribution is -1.96. The maximum Gasteiger partial charge on any atom is 0.119 e. The molecule has 0 bridgehead atoms. The third kappa shape index (κ3) is 6.17. The van der Waals surface area contributed by atoms with E-state index in [-0.39, 0.29) is 0 Å². The third-order valence-electron chi connectivity index (χ3n) is 3.34. The summed E-state index contributed by atoms with van der Waals surface area (Å²) in [6, 6.07) is 16.1. The molecular weight excluding hydrogens is 296 g/mol. The van der Waals surface area contributed by atoms with Crippen LogP contribution in [-0.2, 0) is 0 Å². The van der Waals surface area contributed by atoms with Crippen LogP contribution >= 0.6 is 0 Å². The Kier molecular flexibility index (Phi) is 7.42. The van der Waals surface area contributed by atoms with Crippen molar-refractivity contribution in [3.05, 3.63) is 84.0 Å². The van der Waals surface area contributed by atoms with Gasteiger partial charge in [-0.05, 0) is 61.4 Å². The molecule has 0 saturated heterocycles. The van der Waals surface area contributed by atoms with Gasteiger partial charge in [0.2, 0.25) is 0 Å². The molecule has 2 aromatic carbocycles. The SMILES string of the molecule is CC=Cc1ccc(OCC=CCOc2ccc(C=CC)cc2)cc1. The normalized spacial score (nSPS) is 11.6. The Hall–Kier alpha value is -2.74. The van der Waals surface area contributed by atoms with Crippen molar-refractivity contribution in [3.63, 3.8) is 0 Å². The van der Waals surface area contributed by atoms with Gasteiger partial charge in [0.05, 0.1) is 0 Å². The molecule has 0 atom stereocenters. The number of benzene rings is 2. The van der Waals surface area contributed by atoms with Crippen molar-refractivity contribution < 1.29 is 9.47 Å². The van der Waals surface area contributed by atoms with Gasteiger partial charge in [-0.3, -0.25) is 0 Å². The van der Waals surface area contributed by atoms with E-state index in [1.165, 1.54) is 11.1 Å². The molecule has 0 unspecified atom stereocenters. The maximum atomic E-state index is 5.66. The molecule has 124 valence electrons. The van der Waals surface area contributed by atoms with E-state index in [9.17, 15) is 0 Å². The molecule has 0 saturated carbocycles. The number of hydrogen-bond acceptors (Lipinski definition) is 2. The summed E-state index contributed by atoms with van der Waals surface area (Å²) >= 11 is 0. The lowest BCUT2D eigenvalue weighted by Gasteiger charge is -2.04. The van der Waals surface area contributed by atoms with Crippen molar-refractivity contribution in [2.75, 3.05) is 13.2 Å². The van der Waals surface area contributed by atoms with Gasteiger partial charge in [-0.15, -0.1) is 0 Å². The summed E-state index contributed by atoms with van der Waals surface area (Å²) in [7, 11) is 0. The Morgan fingerprint density at radius 2 is 1.00 bits per heavy atom. The molecule has 2 aromatic rings. The Morgan fingerprint density at radius 1 is 0.625 bits per heavy atom. The minimum Gasteiger partial charge on any atom is -0.490 e. The lowest BCUT2D eigenvalue weighted by molar-refractivity contribution is 0.350. The molecule has 0 fully saturated rings. The maximum absolute atomic E-state index is 5.66. The molecule has 0 aliphatic rings. The van der Waals surface area contributed by atoms with Crippen molar-refractivity contribution in [1.82, 2.24) is 0 Å². The standard InChI is InChI=1S/C22H24O2/c1-3-7-19-9-13-21(14-10-19)23-17-5-6-18-24-22-15-11-20(8-4-2)12-16-22/h3-16H,17-18H2,1-2H3. The summed E-state index contributed by atoms with van der Waals surface area (Å²) in [5.41, 5.74) is 2.35. The van der Waals surface area contributed by atoms with Crippen LogP contribution in [0.15, 0.2) is 72.8 Å². The van der Waals surface area contributed by atoms with E-state index in [1.807, 2.05) is 86.7 Å². The number of allylic oxidation sites excluding steroid dienone is 2. The smallest absolute Gasteiger partial charge is 0.119 e. The summed E-state index contributed by atoms with van der Waals surface area (Å²) in [5, 5.41) is 0. The van der Waals surface area contributed by atoms with Crippen molar-refractivity contribution in [1.29, 1.82) is 0 Å². The second-order valence-electron chi connectivity index (χ2n) is 5.23. The van der Waals surface area contributed by atoms with Gasteiger partial charge in [0.15, 0.2) is 0 Å². The zero-order valence-electron chi connectivity index (χ0n) is 14.3. The highest BCUT2D eigenvalue weighted by Gasteiger charge is 1.93. The highest BCUT2D eigenvalue weighted by atomic mass is 16.5. The fourth-order valence-electron chi connectivity index (χ4n) is 2.16. The van der Waals surface area contributed by atoms with Crippen LogP contribution in [0.5, 0.6) is 11.5 Å². The predicted octanol–water partition coefficient (Wildman–Crippen LogP) is 5.77. The van der Waals surface area contributed by atoms with Crippen molar-refractivity contribution in [2.45, 2.75) is 13.8 Å². The van der Waals surface area contributed by atoms with Crippen LogP contribution in [0, 0.1) is 0 Å². The first-order valence-corrected chi connectivity index (χ1v) is 8.18. The van der Waals surface area contributed by atoms with Gasteiger partial charge in [-0.2, -0.15) is 0 Å². The monoisotopic (exact) mass is 320 g/mol. The highest BCUT2D eigenvalue weighted by Crippen LogP contribution is 2.14. The summed E-state index contributed by atoms with van der Waals surface area (Å²) in [6.07, 6.45) is 12.1. The fraction of sp³-hybridized carbons (Fsp3) is 0.182. The summed E-state index contributed by atoms with van der Waals surface area (Å²) in [5.74, 6) is 1.74. The Morgan fingerprint density at radius 3 is 1.33 bits per heavy atom. The van der Waals surface area contributed by atoms with E-state index < -0.39 is 0 Å². The van der Waals surface area contributed by atoms with Crippen LogP contribution in [0.3, 0.4) is 0 Å². The molecule has 0 aliphatic heterocycles. The van der Waals surface area contributed by atoms with Crippen molar-refractivity contribution in [3.8, 4) is 11.5 Å². The van der Waals surface area contributed by atoms with Crippen molar-refractivity contribution >= 4 is 12.2 Å². The summed E-state index contributed by atoms with van der Waals surface area (Å²) in [6.45, 7) is 5.08. The molecule has 0 amide bonds. The minimum atomic E-state index is 0.534. The van der Waals surface area contributed by atoms with E-state index in [0.717, 1.165) is 11.5 Å². The van der Waals surface area contributed by atoms with Crippen LogP contribution < -0.4 is 9.47 Å². The van der Waals surface area contributed by atoms with E-state index in [0.29, 0.717) is 13.2 Å². The van der Waals surface area contributed by atoms with Gasteiger partial charge < -0.3 is 9.47 Å². The third-order valence-corrected chi connectivity index (χ3v) is 3.34.